The first-order valence-corrected chi connectivity index (χ1v) is 7.86. The van der Waals surface area contributed by atoms with Crippen molar-refractivity contribution in [1.29, 1.82) is 0 Å². The number of nitrogens with zero attached hydrogens (tertiary/aromatic N) is 1. The number of nitrogens with one attached hydrogen (secondary N) is 1. The van der Waals surface area contributed by atoms with Crippen molar-refractivity contribution in [3.63, 3.8) is 0 Å². The van der Waals surface area contributed by atoms with Crippen LogP contribution in [-0.2, 0) is 4.79 Å². The van der Waals surface area contributed by atoms with Crippen molar-refractivity contribution in [3.05, 3.63) is 42.0 Å². The van der Waals surface area contributed by atoms with Crippen LogP contribution < -0.4 is 10.2 Å². The number of rotatable bonds is 3. The molecular formula is C18H19F3N2O2. The molecule has 0 spiro atoms. The summed E-state index contributed by atoms with van der Waals surface area (Å²) in [4.78, 5) is 11.7. The summed E-state index contributed by atoms with van der Waals surface area (Å²) in [6.45, 7) is 3.22. The molecule has 1 aliphatic heterocycles. The number of benzene rings is 2. The van der Waals surface area contributed by atoms with Crippen molar-refractivity contribution in [2.45, 2.75) is 38.0 Å². The molecule has 134 valence electrons. The number of carbonyl (C=O) groups excluding carboxylic acids is 1. The molecule has 0 unspecified atom stereocenters. The Hall–Kier alpha value is -2.28. The highest BCUT2D eigenvalue weighted by atomic mass is 19.4. The highest BCUT2D eigenvalue weighted by molar-refractivity contribution is 5.85. The Morgan fingerprint density at radius 2 is 1.80 bits per heavy atom. The second kappa shape index (κ2) is 5.91. The molecule has 3 rings (SSSR count). The van der Waals surface area contributed by atoms with Gasteiger partial charge in [0.05, 0.1) is 7.11 Å². The van der Waals surface area contributed by atoms with Crippen molar-refractivity contribution in [1.82, 2.24) is 10.4 Å². The number of hydrogen-bond donors (Lipinski definition) is 1. The van der Waals surface area contributed by atoms with E-state index in [4.69, 9.17) is 4.74 Å². The summed E-state index contributed by atoms with van der Waals surface area (Å²) in [7, 11) is 1.34. The fourth-order valence-corrected chi connectivity index (χ4v) is 3.31. The number of ether oxygens (including phenoxy) is 1. The van der Waals surface area contributed by atoms with Gasteiger partial charge in [0.2, 0.25) is 5.91 Å². The van der Waals surface area contributed by atoms with Crippen molar-refractivity contribution in [2.24, 2.45) is 0 Å². The van der Waals surface area contributed by atoms with Crippen LogP contribution in [0.5, 0.6) is 5.75 Å². The highest BCUT2D eigenvalue weighted by Crippen LogP contribution is 2.46. The van der Waals surface area contributed by atoms with Gasteiger partial charge in [0.15, 0.2) is 6.04 Å². The molecule has 1 amide bonds. The summed E-state index contributed by atoms with van der Waals surface area (Å²) < 4.78 is 47.2. The Bertz CT molecular complexity index is 818. The number of amides is 1. The van der Waals surface area contributed by atoms with E-state index >= 15 is 0 Å². The van der Waals surface area contributed by atoms with Crippen LogP contribution in [-0.4, -0.2) is 29.7 Å². The molecule has 0 aromatic heterocycles. The zero-order valence-electron chi connectivity index (χ0n) is 14.1. The molecule has 2 aromatic carbocycles. The fourth-order valence-electron chi connectivity index (χ4n) is 3.31. The largest absolute Gasteiger partial charge is 0.496 e. The first kappa shape index (κ1) is 17.5. The molecule has 0 aliphatic carbocycles. The molecule has 1 N–H and O–H groups in total. The molecule has 7 heteroatoms. The van der Waals surface area contributed by atoms with Crippen LogP contribution in [0.25, 0.3) is 10.8 Å². The first-order valence-electron chi connectivity index (χ1n) is 7.86. The van der Waals surface area contributed by atoms with Crippen LogP contribution >= 0.6 is 0 Å². The summed E-state index contributed by atoms with van der Waals surface area (Å²) in [6, 6.07) is 8.20. The highest BCUT2D eigenvalue weighted by Gasteiger charge is 2.53. The van der Waals surface area contributed by atoms with Gasteiger partial charge in [-0.1, -0.05) is 24.3 Å². The van der Waals surface area contributed by atoms with Crippen LogP contribution in [0.2, 0.25) is 0 Å². The maximum atomic E-state index is 14.0. The lowest BCUT2D eigenvalue weighted by Crippen LogP contribution is -2.51. The molecule has 1 aliphatic rings. The van der Waals surface area contributed by atoms with Crippen LogP contribution in [0.15, 0.2) is 36.4 Å². The van der Waals surface area contributed by atoms with E-state index in [0.29, 0.717) is 5.39 Å². The maximum Gasteiger partial charge on any atom is 0.410 e. The van der Waals surface area contributed by atoms with E-state index in [-0.39, 0.29) is 17.7 Å². The van der Waals surface area contributed by atoms with Crippen LogP contribution in [0.3, 0.4) is 0 Å². The van der Waals surface area contributed by atoms with E-state index in [1.54, 1.807) is 32.0 Å². The maximum absolute atomic E-state index is 14.0. The number of methoxy groups -OCH3 is 1. The van der Waals surface area contributed by atoms with E-state index in [9.17, 15) is 18.0 Å². The molecule has 1 fully saturated rings. The summed E-state index contributed by atoms with van der Waals surface area (Å²) >= 11 is 0. The third-order valence-corrected chi connectivity index (χ3v) is 4.45. The summed E-state index contributed by atoms with van der Waals surface area (Å²) in [5.41, 5.74) is 1.37. The molecule has 1 heterocycles. The Morgan fingerprint density at radius 3 is 2.28 bits per heavy atom. The lowest BCUT2D eigenvalue weighted by atomic mass is 9.95. The number of halogens is 3. The molecular weight excluding hydrogens is 333 g/mol. The predicted octanol–water partition coefficient (Wildman–Crippen LogP) is 3.97. The van der Waals surface area contributed by atoms with Gasteiger partial charge in [-0.2, -0.15) is 18.2 Å². The van der Waals surface area contributed by atoms with Gasteiger partial charge in [0, 0.05) is 17.5 Å². The van der Waals surface area contributed by atoms with Gasteiger partial charge < -0.3 is 4.74 Å². The molecule has 2 aromatic rings. The van der Waals surface area contributed by atoms with E-state index in [1.807, 2.05) is 12.1 Å². The van der Waals surface area contributed by atoms with E-state index < -0.39 is 23.7 Å². The Kier molecular flexibility index (Phi) is 4.15. The monoisotopic (exact) mass is 352 g/mol. The van der Waals surface area contributed by atoms with Crippen LogP contribution in [0.1, 0.15) is 31.9 Å². The van der Waals surface area contributed by atoms with Crippen molar-refractivity contribution in [2.75, 3.05) is 7.11 Å². The number of carbonyl (C=O) groups is 1. The lowest BCUT2D eigenvalue weighted by Gasteiger charge is -2.38. The Morgan fingerprint density at radius 1 is 1.20 bits per heavy atom. The second-order valence-corrected chi connectivity index (χ2v) is 6.78. The molecule has 25 heavy (non-hydrogen) atoms. The Balaban J connectivity index is 2.20. The second-order valence-electron chi connectivity index (χ2n) is 6.78. The number of hydrazine groups is 1. The average molecular weight is 352 g/mol. The van der Waals surface area contributed by atoms with Gasteiger partial charge in [0.1, 0.15) is 5.75 Å². The molecule has 0 saturated carbocycles. The van der Waals surface area contributed by atoms with Gasteiger partial charge in [0.25, 0.3) is 0 Å². The lowest BCUT2D eigenvalue weighted by molar-refractivity contribution is -0.204. The third kappa shape index (κ3) is 3.16. The van der Waals surface area contributed by atoms with Gasteiger partial charge in [-0.05, 0) is 36.8 Å². The minimum Gasteiger partial charge on any atom is -0.496 e. The quantitative estimate of drug-likeness (QED) is 0.909. The number of fused-ring (bicyclic) bond motifs is 1. The molecule has 1 saturated heterocycles. The smallest absolute Gasteiger partial charge is 0.410 e. The fraction of sp³-hybridized carbons (Fsp3) is 0.389. The summed E-state index contributed by atoms with van der Waals surface area (Å²) in [5, 5.41) is 2.45. The Labute approximate surface area is 143 Å². The van der Waals surface area contributed by atoms with E-state index in [2.05, 4.69) is 5.43 Å². The zero-order chi connectivity index (χ0) is 18.4. The van der Waals surface area contributed by atoms with E-state index in [1.165, 1.54) is 13.2 Å². The van der Waals surface area contributed by atoms with Crippen LogP contribution in [0, 0.1) is 0 Å². The van der Waals surface area contributed by atoms with Crippen molar-refractivity contribution in [3.8, 4) is 5.75 Å². The van der Waals surface area contributed by atoms with Gasteiger partial charge in [-0.15, -0.1) is 0 Å². The molecule has 4 nitrogen and oxygen atoms in total. The predicted molar refractivity (Wildman–Crippen MR) is 88.0 cm³/mol. The summed E-state index contributed by atoms with van der Waals surface area (Å²) in [5.74, 6) is -0.294. The zero-order valence-corrected chi connectivity index (χ0v) is 14.1. The van der Waals surface area contributed by atoms with Crippen molar-refractivity contribution < 1.29 is 22.7 Å². The SMILES string of the molecule is COc1cc2ccccc2cc1[C@H](N1NC(=O)CC1(C)C)C(F)(F)F. The molecule has 1 atom stereocenters. The minimum atomic E-state index is -4.59. The number of alkyl halides is 3. The molecule has 0 radical (unpaired) electrons. The van der Waals surface area contributed by atoms with Gasteiger partial charge >= 0.3 is 6.18 Å². The van der Waals surface area contributed by atoms with Crippen molar-refractivity contribution >= 4 is 16.7 Å². The standard InChI is InChI=1S/C18H19F3N2O2/c1-17(2)10-15(24)22-23(17)16(18(19,20)21)13-8-11-6-4-5-7-12(11)9-14(13)25-3/h4-9,16H,10H2,1-3H3,(H,22,24)/t16-/m0/s1. The topological polar surface area (TPSA) is 41.6 Å². The van der Waals surface area contributed by atoms with E-state index in [0.717, 1.165) is 10.4 Å². The summed E-state index contributed by atoms with van der Waals surface area (Å²) in [6.07, 6.45) is -4.60. The van der Waals surface area contributed by atoms with Crippen LogP contribution in [0.4, 0.5) is 13.2 Å². The third-order valence-electron chi connectivity index (χ3n) is 4.45. The van der Waals surface area contributed by atoms with Gasteiger partial charge in [-0.3, -0.25) is 10.2 Å². The minimum absolute atomic E-state index is 0.00449. The first-order chi connectivity index (χ1) is 11.6. The number of hydrogen-bond acceptors (Lipinski definition) is 3. The molecule has 0 bridgehead atoms. The normalized spacial score (nSPS) is 19.0. The van der Waals surface area contributed by atoms with Gasteiger partial charge in [-0.25, -0.2) is 0 Å². The average Bonchev–Trinajstić information content (AvgIpc) is 2.77.